The highest BCUT2D eigenvalue weighted by atomic mass is 16.3. The van der Waals surface area contributed by atoms with Crippen molar-refractivity contribution in [1.82, 2.24) is 0 Å². The molecule has 2 nitrogen and oxygen atoms in total. The molecule has 2 aromatic rings. The van der Waals surface area contributed by atoms with E-state index in [1.165, 1.54) is 29.5 Å². The molecule has 0 saturated heterocycles. The number of phenolic OH excluding ortho intramolecular Hbond substituents is 2. The Kier molecular flexibility index (Phi) is 16.8. The topological polar surface area (TPSA) is 40.5 Å². The van der Waals surface area contributed by atoms with Gasteiger partial charge in [-0.2, -0.15) is 0 Å². The maximum Gasteiger partial charge on any atom is 0.123 e. The van der Waals surface area contributed by atoms with E-state index in [9.17, 15) is 5.11 Å². The molecule has 0 bridgehead atoms. The van der Waals surface area contributed by atoms with Gasteiger partial charge in [0, 0.05) is 17.4 Å². The van der Waals surface area contributed by atoms with Gasteiger partial charge in [0.1, 0.15) is 11.5 Å². The lowest BCUT2D eigenvalue weighted by atomic mass is 9.69. The van der Waals surface area contributed by atoms with E-state index in [1.54, 1.807) is 18.2 Å². The SMILES string of the molecule is CC.CC.CCC.CCC.Cc1cccc(O)c1.Oc1ccc2c3c1C=CC1C=CC=C(C=C2)C31. The van der Waals surface area contributed by atoms with E-state index in [0.29, 0.717) is 23.3 Å². The summed E-state index contributed by atoms with van der Waals surface area (Å²) in [5, 5.41) is 18.8. The second-order valence-electron chi connectivity index (χ2n) is 8.05. The van der Waals surface area contributed by atoms with Crippen LogP contribution < -0.4 is 0 Å². The quantitative estimate of drug-likeness (QED) is 0.397. The average molecular weight is 477 g/mol. The Morgan fingerprint density at radius 3 is 1.94 bits per heavy atom. The van der Waals surface area contributed by atoms with E-state index in [2.05, 4.69) is 70.2 Å². The van der Waals surface area contributed by atoms with Crippen LogP contribution in [-0.2, 0) is 0 Å². The third-order valence-corrected chi connectivity index (χ3v) is 4.92. The summed E-state index contributed by atoms with van der Waals surface area (Å²) in [6, 6.07) is 10.9. The van der Waals surface area contributed by atoms with E-state index in [-0.39, 0.29) is 0 Å². The van der Waals surface area contributed by atoms with Crippen molar-refractivity contribution in [2.45, 2.75) is 81.1 Å². The van der Waals surface area contributed by atoms with Crippen molar-refractivity contribution in [2.24, 2.45) is 5.92 Å². The molecule has 0 heterocycles. The van der Waals surface area contributed by atoms with Crippen molar-refractivity contribution in [3.8, 4) is 11.5 Å². The molecule has 2 unspecified atom stereocenters. The molecular formula is C33H48O2. The highest BCUT2D eigenvalue weighted by Gasteiger charge is 2.33. The molecule has 3 aliphatic carbocycles. The number of aromatic hydroxyl groups is 2. The molecule has 0 fully saturated rings. The first-order chi connectivity index (χ1) is 17.0. The maximum atomic E-state index is 9.97. The van der Waals surface area contributed by atoms with Crippen LogP contribution in [0.3, 0.4) is 0 Å². The Bertz CT molecular complexity index is 957. The fourth-order valence-corrected chi connectivity index (χ4v) is 3.76. The number of hydrogen-bond acceptors (Lipinski definition) is 2. The van der Waals surface area contributed by atoms with Crippen LogP contribution in [0.5, 0.6) is 11.5 Å². The van der Waals surface area contributed by atoms with Gasteiger partial charge in [-0.3, -0.25) is 0 Å². The van der Waals surface area contributed by atoms with Crippen LogP contribution in [0.15, 0.2) is 72.4 Å². The largest absolute Gasteiger partial charge is 0.508 e. The van der Waals surface area contributed by atoms with E-state index in [0.717, 1.165) is 11.1 Å². The van der Waals surface area contributed by atoms with Crippen LogP contribution in [0.2, 0.25) is 0 Å². The first-order valence-electron chi connectivity index (χ1n) is 13.3. The van der Waals surface area contributed by atoms with Crippen LogP contribution in [-0.4, -0.2) is 10.2 Å². The number of aryl methyl sites for hydroxylation is 1. The van der Waals surface area contributed by atoms with Crippen LogP contribution in [0, 0.1) is 12.8 Å². The van der Waals surface area contributed by atoms with Crippen LogP contribution in [0.1, 0.15) is 96.4 Å². The second-order valence-corrected chi connectivity index (χ2v) is 8.05. The van der Waals surface area contributed by atoms with Crippen LogP contribution in [0.25, 0.3) is 12.2 Å². The summed E-state index contributed by atoms with van der Waals surface area (Å²) in [6.07, 6.45) is 17.6. The molecule has 0 saturated carbocycles. The molecule has 2 atom stereocenters. The van der Waals surface area contributed by atoms with Gasteiger partial charge < -0.3 is 10.2 Å². The molecule has 0 aliphatic heterocycles. The molecular weight excluding hydrogens is 428 g/mol. The molecule has 0 radical (unpaired) electrons. The first-order valence-corrected chi connectivity index (χ1v) is 13.3. The zero-order valence-electron chi connectivity index (χ0n) is 23.5. The number of hydrogen-bond donors (Lipinski definition) is 2. The minimum Gasteiger partial charge on any atom is -0.508 e. The van der Waals surface area contributed by atoms with Crippen LogP contribution in [0.4, 0.5) is 0 Å². The zero-order valence-corrected chi connectivity index (χ0v) is 23.5. The van der Waals surface area contributed by atoms with Gasteiger partial charge in [0.15, 0.2) is 0 Å². The van der Waals surface area contributed by atoms with Crippen molar-refractivity contribution >= 4 is 12.2 Å². The average Bonchev–Trinajstić information content (AvgIpc) is 2.87. The minimum atomic E-state index is 0.338. The summed E-state index contributed by atoms with van der Waals surface area (Å²) in [7, 11) is 0. The lowest BCUT2D eigenvalue weighted by molar-refractivity contribution is 0.471. The van der Waals surface area contributed by atoms with E-state index in [4.69, 9.17) is 5.11 Å². The summed E-state index contributed by atoms with van der Waals surface area (Å²) >= 11 is 0. The van der Waals surface area contributed by atoms with Gasteiger partial charge in [-0.25, -0.2) is 0 Å². The number of phenols is 2. The molecule has 35 heavy (non-hydrogen) atoms. The van der Waals surface area contributed by atoms with Gasteiger partial charge in [0.2, 0.25) is 0 Å². The molecule has 2 heteroatoms. The predicted molar refractivity (Wildman–Crippen MR) is 157 cm³/mol. The van der Waals surface area contributed by atoms with Crippen molar-refractivity contribution in [3.63, 3.8) is 0 Å². The highest BCUT2D eigenvalue weighted by Crippen LogP contribution is 2.48. The molecule has 2 aromatic carbocycles. The summed E-state index contributed by atoms with van der Waals surface area (Å²) in [5.74, 6) is 1.56. The summed E-state index contributed by atoms with van der Waals surface area (Å²) < 4.78 is 0. The lowest BCUT2D eigenvalue weighted by Crippen LogP contribution is -2.20. The summed E-state index contributed by atoms with van der Waals surface area (Å²) in [4.78, 5) is 0. The Morgan fingerprint density at radius 1 is 0.771 bits per heavy atom. The summed E-state index contributed by atoms with van der Waals surface area (Å²) in [5.41, 5.74) is 5.96. The van der Waals surface area contributed by atoms with Gasteiger partial charge >= 0.3 is 0 Å². The van der Waals surface area contributed by atoms with E-state index < -0.39 is 0 Å². The van der Waals surface area contributed by atoms with Gasteiger partial charge in [0.25, 0.3) is 0 Å². The van der Waals surface area contributed by atoms with Crippen LogP contribution >= 0.6 is 0 Å². The molecule has 0 aromatic heterocycles. The maximum absolute atomic E-state index is 9.97. The Labute approximate surface area is 215 Å². The van der Waals surface area contributed by atoms with Gasteiger partial charge in [-0.05, 0) is 47.4 Å². The van der Waals surface area contributed by atoms with Gasteiger partial charge in [-0.15, -0.1) is 0 Å². The Balaban J connectivity index is 0.000000542. The lowest BCUT2D eigenvalue weighted by Gasteiger charge is -2.35. The standard InChI is InChI=1S/C16H12O.C7H8O.2C3H8.2C2H6/c17-14-9-7-12-5-4-10-2-1-3-11-6-8-13(14)16(12)15(10)11;1-6-3-2-4-7(8)5-6;2*1-3-2;2*1-2/h1-9,11,15,17H;2-5,8H,1H3;2*3H2,1-2H3;2*1-2H3. The fraction of sp³-hybridized carbons (Fsp3) is 0.394. The molecule has 192 valence electrons. The van der Waals surface area contributed by atoms with Crippen molar-refractivity contribution in [3.05, 3.63) is 94.6 Å². The number of benzene rings is 2. The van der Waals surface area contributed by atoms with Gasteiger partial charge in [-0.1, -0.05) is 129 Å². The molecule has 5 rings (SSSR count). The smallest absolute Gasteiger partial charge is 0.123 e. The zero-order chi connectivity index (χ0) is 26.8. The van der Waals surface area contributed by atoms with Crippen molar-refractivity contribution in [2.75, 3.05) is 0 Å². The summed E-state index contributed by atoms with van der Waals surface area (Å²) in [6.45, 7) is 18.4. The van der Waals surface area contributed by atoms with Crippen molar-refractivity contribution < 1.29 is 10.2 Å². The third-order valence-electron chi connectivity index (χ3n) is 4.92. The van der Waals surface area contributed by atoms with E-state index in [1.807, 2.05) is 52.8 Å². The predicted octanol–water partition coefficient (Wildman–Crippen LogP) is 10.2. The number of rotatable bonds is 0. The minimum absolute atomic E-state index is 0.338. The Hall–Kier alpha value is -3.00. The van der Waals surface area contributed by atoms with E-state index >= 15 is 0 Å². The number of allylic oxidation sites excluding steroid dienone is 6. The first kappa shape index (κ1) is 32.0. The second kappa shape index (κ2) is 18.3. The normalized spacial score (nSPS) is 16.4. The Morgan fingerprint density at radius 2 is 1.40 bits per heavy atom. The molecule has 0 spiro atoms. The molecule has 0 amide bonds. The highest BCUT2D eigenvalue weighted by molar-refractivity contribution is 5.77. The monoisotopic (exact) mass is 476 g/mol. The molecule has 3 aliphatic rings. The molecule has 2 N–H and O–H groups in total. The van der Waals surface area contributed by atoms with Crippen molar-refractivity contribution in [1.29, 1.82) is 0 Å². The van der Waals surface area contributed by atoms with Gasteiger partial charge in [0.05, 0.1) is 0 Å². The third kappa shape index (κ3) is 9.64. The fourth-order valence-electron chi connectivity index (χ4n) is 3.76.